The molecule has 0 amide bonds. The van der Waals surface area contributed by atoms with Gasteiger partial charge in [0.05, 0.1) is 6.10 Å². The van der Waals surface area contributed by atoms with Crippen LogP contribution in [0.15, 0.2) is 12.2 Å². The number of hydrogen-bond acceptors (Lipinski definition) is 2. The number of rotatable bonds is 1. The van der Waals surface area contributed by atoms with Crippen molar-refractivity contribution in [2.24, 2.45) is 0 Å². The molecule has 0 radical (unpaired) electrons. The first-order chi connectivity index (χ1) is 6.88. The van der Waals surface area contributed by atoms with Crippen LogP contribution in [0.2, 0.25) is 0 Å². The molecule has 1 fully saturated rings. The van der Waals surface area contributed by atoms with Gasteiger partial charge in [-0.3, -0.25) is 4.90 Å². The zero-order chi connectivity index (χ0) is 9.80. The first-order valence-electron chi connectivity index (χ1n) is 5.95. The largest absolute Gasteiger partial charge is 0.391 e. The molecule has 0 bridgehead atoms. The summed E-state index contributed by atoms with van der Waals surface area (Å²) in [5.41, 5.74) is 0. The van der Waals surface area contributed by atoms with Crippen molar-refractivity contribution in [3.05, 3.63) is 12.2 Å². The van der Waals surface area contributed by atoms with Crippen LogP contribution < -0.4 is 0 Å². The van der Waals surface area contributed by atoms with Crippen molar-refractivity contribution in [2.75, 3.05) is 13.1 Å². The fourth-order valence-corrected chi connectivity index (χ4v) is 2.65. The Bertz CT molecular complexity index is 196. The minimum atomic E-state index is -0.0990. The number of allylic oxidation sites excluding steroid dienone is 2. The molecule has 14 heavy (non-hydrogen) atoms. The number of hydrogen-bond donors (Lipinski definition) is 1. The highest BCUT2D eigenvalue weighted by Crippen LogP contribution is 2.22. The second-order valence-electron chi connectivity index (χ2n) is 4.50. The summed E-state index contributed by atoms with van der Waals surface area (Å²) in [5, 5.41) is 10.1. The van der Waals surface area contributed by atoms with Crippen LogP contribution in [0.4, 0.5) is 0 Å². The van der Waals surface area contributed by atoms with E-state index in [4.69, 9.17) is 0 Å². The fourth-order valence-electron chi connectivity index (χ4n) is 2.65. The van der Waals surface area contributed by atoms with Crippen LogP contribution >= 0.6 is 0 Å². The van der Waals surface area contributed by atoms with E-state index in [1.807, 2.05) is 0 Å². The van der Waals surface area contributed by atoms with Gasteiger partial charge < -0.3 is 5.11 Å². The van der Waals surface area contributed by atoms with Gasteiger partial charge in [0.2, 0.25) is 0 Å². The van der Waals surface area contributed by atoms with Crippen LogP contribution in [0, 0.1) is 0 Å². The van der Waals surface area contributed by atoms with E-state index < -0.39 is 0 Å². The lowest BCUT2D eigenvalue weighted by molar-refractivity contribution is 0.0510. The Morgan fingerprint density at radius 2 is 1.64 bits per heavy atom. The Hall–Kier alpha value is -0.340. The molecular weight excluding hydrogens is 174 g/mol. The molecule has 0 aromatic carbocycles. The first-order valence-corrected chi connectivity index (χ1v) is 5.95. The predicted octanol–water partition coefficient (Wildman–Crippen LogP) is 1.94. The molecule has 0 aromatic rings. The maximum Gasteiger partial charge on any atom is 0.0698 e. The molecule has 2 nitrogen and oxygen atoms in total. The van der Waals surface area contributed by atoms with Crippen LogP contribution in [0.5, 0.6) is 0 Å². The van der Waals surface area contributed by atoms with E-state index in [1.54, 1.807) is 0 Å². The van der Waals surface area contributed by atoms with Gasteiger partial charge in [-0.15, -0.1) is 0 Å². The highest BCUT2D eigenvalue weighted by atomic mass is 16.3. The third-order valence-corrected chi connectivity index (χ3v) is 3.48. The van der Waals surface area contributed by atoms with E-state index >= 15 is 0 Å². The molecule has 2 rings (SSSR count). The van der Waals surface area contributed by atoms with Crippen LogP contribution in [0.3, 0.4) is 0 Å². The third-order valence-electron chi connectivity index (χ3n) is 3.48. The van der Waals surface area contributed by atoms with Gasteiger partial charge in [0.15, 0.2) is 0 Å². The van der Waals surface area contributed by atoms with Crippen LogP contribution in [-0.2, 0) is 0 Å². The van der Waals surface area contributed by atoms with Crippen LogP contribution in [0.25, 0.3) is 0 Å². The molecule has 2 heteroatoms. The molecule has 0 saturated carbocycles. The van der Waals surface area contributed by atoms with Crippen molar-refractivity contribution in [1.29, 1.82) is 0 Å². The van der Waals surface area contributed by atoms with Crippen molar-refractivity contribution < 1.29 is 5.11 Å². The van der Waals surface area contributed by atoms with Gasteiger partial charge in [0.1, 0.15) is 0 Å². The van der Waals surface area contributed by atoms with Gasteiger partial charge in [-0.1, -0.05) is 12.2 Å². The second kappa shape index (κ2) is 4.94. The maximum absolute atomic E-state index is 10.1. The van der Waals surface area contributed by atoms with Gasteiger partial charge >= 0.3 is 0 Å². The average Bonchev–Trinajstić information content (AvgIpc) is 2.65. The van der Waals surface area contributed by atoms with Crippen molar-refractivity contribution >= 4 is 0 Å². The van der Waals surface area contributed by atoms with Gasteiger partial charge in [-0.25, -0.2) is 0 Å². The molecular formula is C12H21NO. The zero-order valence-electron chi connectivity index (χ0n) is 8.86. The van der Waals surface area contributed by atoms with Gasteiger partial charge in [0.25, 0.3) is 0 Å². The second-order valence-corrected chi connectivity index (χ2v) is 4.50. The summed E-state index contributed by atoms with van der Waals surface area (Å²) in [6, 6.07) is 0.433. The molecule has 0 aromatic heterocycles. The van der Waals surface area contributed by atoms with Crippen molar-refractivity contribution in [3.63, 3.8) is 0 Å². The number of aliphatic hydroxyl groups is 1. The summed E-state index contributed by atoms with van der Waals surface area (Å²) < 4.78 is 0. The normalized spacial score (nSPS) is 35.5. The maximum atomic E-state index is 10.1. The Kier molecular flexibility index (Phi) is 3.60. The van der Waals surface area contributed by atoms with Gasteiger partial charge in [-0.2, -0.15) is 0 Å². The number of nitrogens with zero attached hydrogens (tertiary/aromatic N) is 1. The van der Waals surface area contributed by atoms with Gasteiger partial charge in [-0.05, 0) is 51.6 Å². The van der Waals surface area contributed by atoms with Crippen LogP contribution in [-0.4, -0.2) is 35.2 Å². The molecule has 2 aliphatic rings. The summed E-state index contributed by atoms with van der Waals surface area (Å²) in [6.07, 6.45) is 11.3. The molecule has 0 unspecified atom stereocenters. The summed E-state index contributed by atoms with van der Waals surface area (Å²) >= 11 is 0. The molecule has 80 valence electrons. The lowest BCUT2D eigenvalue weighted by Gasteiger charge is -2.32. The smallest absolute Gasteiger partial charge is 0.0698 e. The monoisotopic (exact) mass is 195 g/mol. The van der Waals surface area contributed by atoms with E-state index in [0.717, 1.165) is 25.7 Å². The molecule has 1 N–H and O–H groups in total. The molecule has 1 heterocycles. The predicted molar refractivity (Wildman–Crippen MR) is 58.2 cm³/mol. The Balaban J connectivity index is 1.95. The molecule has 1 saturated heterocycles. The molecule has 0 spiro atoms. The Labute approximate surface area is 86.6 Å². The van der Waals surface area contributed by atoms with Crippen molar-refractivity contribution in [1.82, 2.24) is 4.90 Å². The van der Waals surface area contributed by atoms with Gasteiger partial charge in [0, 0.05) is 6.04 Å². The number of likely N-dealkylation sites (tertiary alicyclic amines) is 1. The number of aliphatic hydroxyl groups excluding tert-OH is 1. The summed E-state index contributed by atoms with van der Waals surface area (Å²) in [4.78, 5) is 2.49. The minimum absolute atomic E-state index is 0.0990. The third kappa shape index (κ3) is 2.37. The first kappa shape index (κ1) is 10.2. The van der Waals surface area contributed by atoms with E-state index in [1.165, 1.54) is 25.9 Å². The van der Waals surface area contributed by atoms with E-state index in [9.17, 15) is 5.11 Å². The summed E-state index contributed by atoms with van der Waals surface area (Å²) in [5.74, 6) is 0. The van der Waals surface area contributed by atoms with Crippen molar-refractivity contribution in [3.8, 4) is 0 Å². The highest BCUT2D eigenvalue weighted by molar-refractivity contribution is 4.92. The lowest BCUT2D eigenvalue weighted by atomic mass is 9.97. The molecule has 2 atom stereocenters. The topological polar surface area (TPSA) is 23.5 Å². The molecule has 1 aliphatic carbocycles. The standard InChI is InChI=1S/C12H21NO/c14-12-8-4-2-1-3-7-11(12)13-9-5-6-10-13/h1-2,11-12,14H,3-10H2/t11-,12-/m0/s1. The summed E-state index contributed by atoms with van der Waals surface area (Å²) in [6.45, 7) is 2.40. The van der Waals surface area contributed by atoms with E-state index in [2.05, 4.69) is 17.1 Å². The van der Waals surface area contributed by atoms with Crippen molar-refractivity contribution in [2.45, 2.75) is 50.7 Å². The summed E-state index contributed by atoms with van der Waals surface area (Å²) in [7, 11) is 0. The molecule has 1 aliphatic heterocycles. The van der Waals surface area contributed by atoms with E-state index in [0.29, 0.717) is 6.04 Å². The SMILES string of the molecule is O[C@H]1CCC=CCC[C@@H]1N1CCCC1. The average molecular weight is 195 g/mol. The highest BCUT2D eigenvalue weighted by Gasteiger charge is 2.27. The Morgan fingerprint density at radius 1 is 1.00 bits per heavy atom. The fraction of sp³-hybridized carbons (Fsp3) is 0.833. The van der Waals surface area contributed by atoms with Crippen LogP contribution in [0.1, 0.15) is 38.5 Å². The minimum Gasteiger partial charge on any atom is -0.391 e. The Morgan fingerprint density at radius 3 is 2.36 bits per heavy atom. The quantitative estimate of drug-likeness (QED) is 0.646. The lowest BCUT2D eigenvalue weighted by Crippen LogP contribution is -2.42. The zero-order valence-corrected chi connectivity index (χ0v) is 8.86. The van der Waals surface area contributed by atoms with E-state index in [-0.39, 0.29) is 6.10 Å².